The normalized spacial score (nSPS) is 13.0. The van der Waals surface area contributed by atoms with Crippen LogP contribution in [0.1, 0.15) is 33.4 Å². The van der Waals surface area contributed by atoms with Crippen molar-refractivity contribution in [3.8, 4) is 11.1 Å². The molecule has 10 rings (SSSR count). The summed E-state index contributed by atoms with van der Waals surface area (Å²) in [6.45, 7) is 18.9. The summed E-state index contributed by atoms with van der Waals surface area (Å²) in [7, 11) is -3.05. The van der Waals surface area contributed by atoms with Crippen molar-refractivity contribution in [1.29, 1.82) is 0 Å². The predicted octanol–water partition coefficient (Wildman–Crippen LogP) is 15.8. The molecule has 0 atom stereocenters. The molecule has 4 heteroatoms. The van der Waals surface area contributed by atoms with Gasteiger partial charge in [0.2, 0.25) is 0 Å². The second-order valence-electron chi connectivity index (χ2n) is 20.0. The molecule has 65 heavy (non-hydrogen) atoms. The van der Waals surface area contributed by atoms with Crippen LogP contribution in [0.2, 0.25) is 39.3 Å². The van der Waals surface area contributed by atoms with Gasteiger partial charge >= 0.3 is 0 Å². The summed E-state index contributed by atoms with van der Waals surface area (Å²) in [6, 6.07) is 78.2. The highest BCUT2D eigenvalue weighted by molar-refractivity contribution is 6.89. The fourth-order valence-corrected chi connectivity index (χ4v) is 12.5. The number of nitrogens with zero attached hydrogens (tertiary/aromatic N) is 2. The Hall–Kier alpha value is -6.73. The van der Waals surface area contributed by atoms with Gasteiger partial charge in [0, 0.05) is 33.8 Å². The van der Waals surface area contributed by atoms with Crippen LogP contribution in [0.25, 0.3) is 21.9 Å². The third-order valence-electron chi connectivity index (χ3n) is 13.6. The molecule has 1 aliphatic rings. The molecule has 0 radical (unpaired) electrons. The van der Waals surface area contributed by atoms with Crippen LogP contribution in [0.4, 0.5) is 34.1 Å². The predicted molar refractivity (Wildman–Crippen MR) is 286 cm³/mol. The highest BCUT2D eigenvalue weighted by atomic mass is 28.3. The number of benzene rings is 9. The molecule has 1 aliphatic carbocycles. The zero-order chi connectivity index (χ0) is 45.1. The van der Waals surface area contributed by atoms with Gasteiger partial charge in [-0.25, -0.2) is 0 Å². The first-order chi connectivity index (χ1) is 31.3. The minimum atomic E-state index is -1.54. The van der Waals surface area contributed by atoms with Crippen molar-refractivity contribution < 1.29 is 0 Å². The molecule has 0 saturated carbocycles. The van der Waals surface area contributed by atoms with Gasteiger partial charge in [-0.1, -0.05) is 195 Å². The average Bonchev–Trinajstić information content (AvgIpc) is 3.60. The number of fused-ring (bicyclic) bond motifs is 5. The molecule has 2 nitrogen and oxygen atoms in total. The summed E-state index contributed by atoms with van der Waals surface area (Å²) in [6.07, 6.45) is 0. The van der Waals surface area contributed by atoms with E-state index in [9.17, 15) is 0 Å². The average molecular weight is 875 g/mol. The van der Waals surface area contributed by atoms with Crippen LogP contribution < -0.4 is 20.2 Å². The fourth-order valence-electron chi connectivity index (χ4n) is 10.2. The zero-order valence-corrected chi connectivity index (χ0v) is 41.0. The molecule has 0 amide bonds. The van der Waals surface area contributed by atoms with E-state index in [1.165, 1.54) is 65.7 Å². The smallest absolute Gasteiger partial charge is 0.0775 e. The highest BCUT2D eigenvalue weighted by Crippen LogP contribution is 2.60. The molecule has 0 fully saturated rings. The number of anilines is 6. The van der Waals surface area contributed by atoms with Crippen LogP contribution in [0.5, 0.6) is 0 Å². The lowest BCUT2D eigenvalue weighted by atomic mass is 9.67. The standard InChI is InChI=1S/C61H58N2Si2/c1-43-26-28-48(29-27-43)63(49-32-37-53(38-33-49)65(6,7)8)59-42-58-60(55-25-16-15-24-54(55)59)56-39-34-51(41-57(56)61(58,45-19-11-9-12-20-45)46-21-13-10-14-22-46)62(50-23-17-18-44(2)40-50)47-30-35-52(36-31-47)64(3,4)5/h9-42H,1-8H3. The van der Waals surface area contributed by atoms with Crippen LogP contribution in [-0.2, 0) is 5.41 Å². The van der Waals surface area contributed by atoms with Crippen LogP contribution >= 0.6 is 0 Å². The maximum absolute atomic E-state index is 2.54. The van der Waals surface area contributed by atoms with Gasteiger partial charge in [0.25, 0.3) is 0 Å². The Balaban J connectivity index is 1.29. The second kappa shape index (κ2) is 16.4. The summed E-state index contributed by atoms with van der Waals surface area (Å²) in [4.78, 5) is 4.95. The lowest BCUT2D eigenvalue weighted by molar-refractivity contribution is 0.769. The van der Waals surface area contributed by atoms with E-state index in [1.807, 2.05) is 0 Å². The quantitative estimate of drug-likeness (QED) is 0.126. The van der Waals surface area contributed by atoms with Crippen molar-refractivity contribution in [1.82, 2.24) is 0 Å². The maximum Gasteiger partial charge on any atom is 0.0775 e. The van der Waals surface area contributed by atoms with Crippen molar-refractivity contribution in [2.75, 3.05) is 9.80 Å². The fraction of sp³-hybridized carbons (Fsp3) is 0.148. The van der Waals surface area contributed by atoms with Crippen LogP contribution in [-0.4, -0.2) is 16.1 Å². The van der Waals surface area contributed by atoms with E-state index in [2.05, 4.69) is 269 Å². The Bertz CT molecular complexity index is 3120. The number of hydrogen-bond acceptors (Lipinski definition) is 2. The summed E-state index contributed by atoms with van der Waals surface area (Å²) in [5.41, 5.74) is 16.3. The van der Waals surface area contributed by atoms with E-state index in [1.54, 1.807) is 0 Å². The molecule has 0 saturated heterocycles. The summed E-state index contributed by atoms with van der Waals surface area (Å²) < 4.78 is 0. The summed E-state index contributed by atoms with van der Waals surface area (Å²) in [5.74, 6) is 0. The molecule has 0 N–H and O–H groups in total. The summed E-state index contributed by atoms with van der Waals surface area (Å²) in [5, 5.41) is 5.37. The minimum Gasteiger partial charge on any atom is -0.310 e. The third kappa shape index (κ3) is 7.45. The molecule has 0 spiro atoms. The molecular weight excluding hydrogens is 817 g/mol. The molecule has 0 aromatic heterocycles. The number of rotatable bonds is 10. The lowest BCUT2D eigenvalue weighted by Crippen LogP contribution is -2.37. The van der Waals surface area contributed by atoms with Gasteiger partial charge < -0.3 is 9.80 Å². The Morgan fingerprint density at radius 3 is 1.37 bits per heavy atom. The van der Waals surface area contributed by atoms with Crippen molar-refractivity contribution in [2.24, 2.45) is 0 Å². The Morgan fingerprint density at radius 2 is 0.831 bits per heavy atom. The summed E-state index contributed by atoms with van der Waals surface area (Å²) >= 11 is 0. The minimum absolute atomic E-state index is 0.650. The first kappa shape index (κ1) is 42.2. The molecule has 0 bridgehead atoms. The Labute approximate surface area is 388 Å². The van der Waals surface area contributed by atoms with Gasteiger partial charge in [-0.15, -0.1) is 0 Å². The van der Waals surface area contributed by atoms with Gasteiger partial charge in [0.05, 0.1) is 27.3 Å². The molecule has 9 aromatic rings. The van der Waals surface area contributed by atoms with E-state index in [-0.39, 0.29) is 0 Å². The number of hydrogen-bond donors (Lipinski definition) is 0. The monoisotopic (exact) mass is 874 g/mol. The molecule has 0 aliphatic heterocycles. The molecule has 320 valence electrons. The van der Waals surface area contributed by atoms with Crippen LogP contribution in [0.15, 0.2) is 206 Å². The van der Waals surface area contributed by atoms with Crippen molar-refractivity contribution in [3.63, 3.8) is 0 Å². The molecule has 9 aromatic carbocycles. The van der Waals surface area contributed by atoms with Crippen LogP contribution in [0, 0.1) is 13.8 Å². The number of aryl methyl sites for hydroxylation is 2. The van der Waals surface area contributed by atoms with Crippen molar-refractivity contribution in [3.05, 3.63) is 240 Å². The van der Waals surface area contributed by atoms with Crippen molar-refractivity contribution in [2.45, 2.75) is 58.5 Å². The van der Waals surface area contributed by atoms with Gasteiger partial charge in [0.1, 0.15) is 0 Å². The molecule has 0 unspecified atom stereocenters. The van der Waals surface area contributed by atoms with E-state index in [0.29, 0.717) is 0 Å². The first-order valence-corrected chi connectivity index (χ1v) is 30.1. The SMILES string of the molecule is Cc1ccc(N(c2ccc([Si](C)(C)C)cc2)c2cc3c(c4ccccc24)-c2ccc(N(c4ccc([Si](C)(C)C)cc4)c4cccc(C)c4)cc2C3(c2ccccc2)c2ccccc2)cc1. The van der Waals surface area contributed by atoms with Gasteiger partial charge in [-0.05, 0) is 125 Å². The van der Waals surface area contributed by atoms with Crippen LogP contribution in [0.3, 0.4) is 0 Å². The topological polar surface area (TPSA) is 6.48 Å². The Kier molecular flexibility index (Phi) is 10.6. The Morgan fingerprint density at radius 1 is 0.354 bits per heavy atom. The lowest BCUT2D eigenvalue weighted by Gasteiger charge is -2.36. The molecule has 0 heterocycles. The van der Waals surface area contributed by atoms with Gasteiger partial charge in [-0.3, -0.25) is 0 Å². The zero-order valence-electron chi connectivity index (χ0n) is 39.0. The van der Waals surface area contributed by atoms with Gasteiger partial charge in [0.15, 0.2) is 0 Å². The maximum atomic E-state index is 2.54. The second-order valence-corrected chi connectivity index (χ2v) is 30.2. The van der Waals surface area contributed by atoms with E-state index in [4.69, 9.17) is 0 Å². The largest absolute Gasteiger partial charge is 0.310 e. The molecular formula is C61H58N2Si2. The van der Waals surface area contributed by atoms with Gasteiger partial charge in [-0.2, -0.15) is 0 Å². The third-order valence-corrected chi connectivity index (χ3v) is 17.7. The van der Waals surface area contributed by atoms with E-state index < -0.39 is 21.6 Å². The highest BCUT2D eigenvalue weighted by Gasteiger charge is 2.48. The first-order valence-electron chi connectivity index (χ1n) is 23.1. The van der Waals surface area contributed by atoms with E-state index in [0.717, 1.165) is 34.1 Å². The van der Waals surface area contributed by atoms with E-state index >= 15 is 0 Å². The van der Waals surface area contributed by atoms with Crippen molar-refractivity contribution >= 4 is 71.4 Å².